The molecule has 0 fully saturated rings. The molecule has 25 heavy (non-hydrogen) atoms. The van der Waals surface area contributed by atoms with Gasteiger partial charge in [0.1, 0.15) is 13.2 Å². The van der Waals surface area contributed by atoms with E-state index in [-0.39, 0.29) is 24.4 Å². The number of carbonyl (C=O) groups is 2. The normalized spacial score (nSPS) is 10.2. The number of nitrogens with zero attached hydrogens (tertiary/aromatic N) is 1. The van der Waals surface area contributed by atoms with Crippen LogP contribution in [0.15, 0.2) is 42.5 Å². The molecular weight excluding hydrogens is 371 g/mol. The third-order valence-corrected chi connectivity index (χ3v) is 3.84. The first kappa shape index (κ1) is 18.7. The maximum atomic E-state index is 11.9. The number of hydrogen-bond acceptors (Lipinski definition) is 5. The molecule has 9 heteroatoms. The molecule has 0 radical (unpaired) electrons. The lowest BCUT2D eigenvalue weighted by atomic mass is 10.2. The molecule has 2 rings (SSSR count). The van der Waals surface area contributed by atoms with Crippen molar-refractivity contribution in [1.82, 2.24) is 5.32 Å². The third kappa shape index (κ3) is 5.44. The maximum absolute atomic E-state index is 11.9. The fraction of sp³-hybridized carbons (Fsp3) is 0.125. The monoisotopic (exact) mass is 382 g/mol. The van der Waals surface area contributed by atoms with Crippen LogP contribution < -0.4 is 5.32 Å². The molecule has 0 spiro atoms. The number of nitrogens with one attached hydrogen (secondary N) is 1. The van der Waals surface area contributed by atoms with Crippen molar-refractivity contribution in [3.05, 3.63) is 73.8 Å². The Balaban J connectivity index is 1.85. The zero-order valence-corrected chi connectivity index (χ0v) is 14.2. The Labute approximate surface area is 152 Å². The lowest BCUT2D eigenvalue weighted by molar-refractivity contribution is -0.384. The molecule has 0 unspecified atom stereocenters. The fourth-order valence-electron chi connectivity index (χ4n) is 1.86. The van der Waals surface area contributed by atoms with Gasteiger partial charge in [0.25, 0.3) is 11.6 Å². The van der Waals surface area contributed by atoms with Crippen molar-refractivity contribution in [2.75, 3.05) is 6.54 Å². The highest BCUT2D eigenvalue weighted by molar-refractivity contribution is 6.42. The molecule has 2 aromatic carbocycles. The molecular formula is C16H12Cl2N2O5. The highest BCUT2D eigenvalue weighted by Crippen LogP contribution is 2.22. The maximum Gasteiger partial charge on any atom is 0.325 e. The van der Waals surface area contributed by atoms with Crippen LogP contribution in [0.5, 0.6) is 0 Å². The molecule has 1 amide bonds. The summed E-state index contributed by atoms with van der Waals surface area (Å²) in [5.41, 5.74) is 0.508. The summed E-state index contributed by atoms with van der Waals surface area (Å²) in [5, 5.41) is 13.8. The summed E-state index contributed by atoms with van der Waals surface area (Å²) in [7, 11) is 0. The van der Waals surface area contributed by atoms with Gasteiger partial charge in [-0.15, -0.1) is 0 Å². The average Bonchev–Trinajstić information content (AvgIpc) is 2.60. The highest BCUT2D eigenvalue weighted by Gasteiger charge is 2.13. The van der Waals surface area contributed by atoms with Crippen molar-refractivity contribution in [1.29, 1.82) is 0 Å². The summed E-state index contributed by atoms with van der Waals surface area (Å²) in [6.07, 6.45) is 0. The zero-order chi connectivity index (χ0) is 18.4. The minimum absolute atomic E-state index is 0.0254. The van der Waals surface area contributed by atoms with Gasteiger partial charge in [-0.1, -0.05) is 35.3 Å². The van der Waals surface area contributed by atoms with Gasteiger partial charge in [0.2, 0.25) is 0 Å². The summed E-state index contributed by atoms with van der Waals surface area (Å²) < 4.78 is 5.01. The molecule has 130 valence electrons. The second kappa shape index (κ2) is 8.46. The van der Waals surface area contributed by atoms with E-state index in [1.807, 2.05) is 0 Å². The molecule has 0 bridgehead atoms. The average molecular weight is 383 g/mol. The number of carbonyl (C=O) groups excluding carboxylic acids is 2. The van der Waals surface area contributed by atoms with Gasteiger partial charge in [0.15, 0.2) is 0 Å². The number of non-ortho nitro benzene ring substituents is 1. The lowest BCUT2D eigenvalue weighted by Crippen LogP contribution is -2.30. The van der Waals surface area contributed by atoms with Crippen LogP contribution in [-0.4, -0.2) is 23.3 Å². The van der Waals surface area contributed by atoms with Crippen LogP contribution >= 0.6 is 23.2 Å². The van der Waals surface area contributed by atoms with E-state index in [1.165, 1.54) is 18.2 Å². The predicted molar refractivity (Wildman–Crippen MR) is 91.7 cm³/mol. The Kier molecular flexibility index (Phi) is 6.32. The van der Waals surface area contributed by atoms with E-state index in [1.54, 1.807) is 18.2 Å². The Morgan fingerprint density at radius 3 is 2.56 bits per heavy atom. The number of esters is 1. The highest BCUT2D eigenvalue weighted by atomic mass is 35.5. The van der Waals surface area contributed by atoms with Gasteiger partial charge in [0.05, 0.1) is 15.0 Å². The van der Waals surface area contributed by atoms with Gasteiger partial charge in [0, 0.05) is 17.7 Å². The van der Waals surface area contributed by atoms with Crippen LogP contribution in [0.4, 0.5) is 5.69 Å². The smallest absolute Gasteiger partial charge is 0.325 e. The summed E-state index contributed by atoms with van der Waals surface area (Å²) in [5.74, 6) is -1.28. The quantitative estimate of drug-likeness (QED) is 0.469. The van der Waals surface area contributed by atoms with Crippen LogP contribution in [0.2, 0.25) is 10.0 Å². The van der Waals surface area contributed by atoms with E-state index in [2.05, 4.69) is 5.32 Å². The van der Waals surface area contributed by atoms with Crippen molar-refractivity contribution >= 4 is 40.8 Å². The molecule has 0 saturated heterocycles. The number of ether oxygens (including phenoxy) is 1. The van der Waals surface area contributed by atoms with Gasteiger partial charge >= 0.3 is 5.97 Å². The van der Waals surface area contributed by atoms with E-state index >= 15 is 0 Å². The van der Waals surface area contributed by atoms with Crippen molar-refractivity contribution < 1.29 is 19.2 Å². The standard InChI is InChI=1S/C16H12Cl2N2O5/c17-13-5-4-10(6-14(13)18)9-25-15(21)8-19-16(22)11-2-1-3-12(7-11)20(23)24/h1-7H,8-9H2,(H,19,22). The summed E-state index contributed by atoms with van der Waals surface area (Å²) in [6.45, 7) is -0.398. The molecule has 0 aliphatic carbocycles. The molecule has 0 heterocycles. The Morgan fingerprint density at radius 2 is 1.88 bits per heavy atom. The van der Waals surface area contributed by atoms with E-state index in [9.17, 15) is 19.7 Å². The number of nitro groups is 1. The third-order valence-electron chi connectivity index (χ3n) is 3.10. The minimum atomic E-state index is -0.662. The number of nitro benzene ring substituents is 1. The first-order valence-electron chi connectivity index (χ1n) is 6.99. The topological polar surface area (TPSA) is 98.5 Å². The van der Waals surface area contributed by atoms with Gasteiger partial charge in [-0.2, -0.15) is 0 Å². The Bertz CT molecular complexity index is 826. The van der Waals surface area contributed by atoms with E-state index in [0.717, 1.165) is 6.07 Å². The van der Waals surface area contributed by atoms with Gasteiger partial charge in [-0.05, 0) is 23.8 Å². The van der Waals surface area contributed by atoms with E-state index in [4.69, 9.17) is 27.9 Å². The molecule has 0 aliphatic rings. The molecule has 0 saturated carbocycles. The number of rotatable bonds is 6. The van der Waals surface area contributed by atoms with Crippen molar-refractivity contribution in [2.24, 2.45) is 0 Å². The van der Waals surface area contributed by atoms with Crippen LogP contribution in [0.25, 0.3) is 0 Å². The number of amides is 1. The summed E-state index contributed by atoms with van der Waals surface area (Å²) in [6, 6.07) is 9.98. The van der Waals surface area contributed by atoms with Gasteiger partial charge < -0.3 is 10.1 Å². The van der Waals surface area contributed by atoms with Crippen molar-refractivity contribution in [2.45, 2.75) is 6.61 Å². The molecule has 1 N–H and O–H groups in total. The van der Waals surface area contributed by atoms with E-state index in [0.29, 0.717) is 15.6 Å². The van der Waals surface area contributed by atoms with Gasteiger partial charge in [-0.3, -0.25) is 19.7 Å². The molecule has 0 aromatic heterocycles. The number of benzene rings is 2. The van der Waals surface area contributed by atoms with Crippen molar-refractivity contribution in [3.63, 3.8) is 0 Å². The summed E-state index contributed by atoms with van der Waals surface area (Å²) in [4.78, 5) is 33.7. The summed E-state index contributed by atoms with van der Waals surface area (Å²) >= 11 is 11.6. The largest absolute Gasteiger partial charge is 0.460 e. The first-order valence-corrected chi connectivity index (χ1v) is 7.74. The zero-order valence-electron chi connectivity index (χ0n) is 12.7. The first-order chi connectivity index (χ1) is 11.9. The van der Waals surface area contributed by atoms with Crippen LogP contribution in [0.3, 0.4) is 0 Å². The molecule has 0 aliphatic heterocycles. The minimum Gasteiger partial charge on any atom is -0.460 e. The van der Waals surface area contributed by atoms with E-state index < -0.39 is 16.8 Å². The molecule has 2 aromatic rings. The van der Waals surface area contributed by atoms with Gasteiger partial charge in [-0.25, -0.2) is 0 Å². The molecule has 7 nitrogen and oxygen atoms in total. The molecule has 0 atom stereocenters. The van der Waals surface area contributed by atoms with Crippen molar-refractivity contribution in [3.8, 4) is 0 Å². The number of halogens is 2. The fourth-order valence-corrected chi connectivity index (χ4v) is 2.18. The van der Waals surface area contributed by atoms with Crippen LogP contribution in [0.1, 0.15) is 15.9 Å². The second-order valence-electron chi connectivity index (χ2n) is 4.90. The van der Waals surface area contributed by atoms with Crippen LogP contribution in [0, 0.1) is 10.1 Å². The second-order valence-corrected chi connectivity index (χ2v) is 5.71. The SMILES string of the molecule is O=C(CNC(=O)c1cccc([N+](=O)[O-])c1)OCc1ccc(Cl)c(Cl)c1. The predicted octanol–water partition coefficient (Wildman–Crippen LogP) is 3.37. The number of hydrogen-bond donors (Lipinski definition) is 1. The Hall–Kier alpha value is -2.64. The van der Waals surface area contributed by atoms with Crippen LogP contribution in [-0.2, 0) is 16.1 Å². The lowest BCUT2D eigenvalue weighted by Gasteiger charge is -2.07. The Morgan fingerprint density at radius 1 is 1.12 bits per heavy atom.